The van der Waals surface area contributed by atoms with Crippen LogP contribution in [-0.4, -0.2) is 20.3 Å². The van der Waals surface area contributed by atoms with E-state index >= 15 is 0 Å². The molecule has 0 aliphatic rings. The molecule has 1 rings (SSSR count). The highest BCUT2D eigenvalue weighted by molar-refractivity contribution is 6.30. The van der Waals surface area contributed by atoms with Crippen LogP contribution in [0.15, 0.2) is 12.1 Å². The number of nitrogens with one attached hydrogen (secondary N) is 1. The minimum Gasteiger partial charge on any atom is -0.493 e. The van der Waals surface area contributed by atoms with Crippen molar-refractivity contribution in [2.45, 2.75) is 46.1 Å². The van der Waals surface area contributed by atoms with E-state index in [0.29, 0.717) is 17.4 Å². The Morgan fingerprint density at radius 2 is 1.95 bits per heavy atom. The van der Waals surface area contributed by atoms with Crippen molar-refractivity contribution in [3.05, 3.63) is 22.7 Å². The van der Waals surface area contributed by atoms with Crippen LogP contribution in [-0.2, 0) is 6.54 Å². The average Bonchev–Trinajstić information content (AvgIpc) is 2.45. The van der Waals surface area contributed by atoms with Crippen LogP contribution in [0.5, 0.6) is 11.5 Å². The molecule has 0 saturated heterocycles. The van der Waals surface area contributed by atoms with E-state index in [2.05, 4.69) is 19.2 Å². The maximum Gasteiger partial charge on any atom is 0.165 e. The minimum absolute atomic E-state index is 0.677. The van der Waals surface area contributed by atoms with Gasteiger partial charge in [-0.25, -0.2) is 0 Å². The third kappa shape index (κ3) is 5.59. The Morgan fingerprint density at radius 3 is 2.60 bits per heavy atom. The van der Waals surface area contributed by atoms with Gasteiger partial charge in [0.2, 0.25) is 0 Å². The minimum atomic E-state index is 0.677. The fraction of sp³-hybridized carbons (Fsp3) is 0.625. The monoisotopic (exact) mass is 299 g/mol. The summed E-state index contributed by atoms with van der Waals surface area (Å²) in [5.74, 6) is 1.53. The Hall–Kier alpha value is -0.930. The summed E-state index contributed by atoms with van der Waals surface area (Å²) in [6.45, 7) is 6.77. The second-order valence-electron chi connectivity index (χ2n) is 4.83. The lowest BCUT2D eigenvalue weighted by atomic mass is 10.1. The number of unbranched alkanes of at least 4 members (excludes halogenated alkanes) is 2. The molecule has 0 aliphatic heterocycles. The molecule has 114 valence electrons. The van der Waals surface area contributed by atoms with Gasteiger partial charge in [-0.2, -0.15) is 0 Å². The summed E-state index contributed by atoms with van der Waals surface area (Å²) in [6, 6.07) is 3.75. The third-order valence-corrected chi connectivity index (χ3v) is 3.27. The predicted molar refractivity (Wildman–Crippen MR) is 85.0 cm³/mol. The second-order valence-corrected chi connectivity index (χ2v) is 5.27. The fourth-order valence-corrected chi connectivity index (χ4v) is 2.23. The van der Waals surface area contributed by atoms with Crippen molar-refractivity contribution in [2.24, 2.45) is 0 Å². The lowest BCUT2D eigenvalue weighted by Gasteiger charge is -2.16. The normalized spacial score (nSPS) is 10.6. The number of hydrogen-bond donors (Lipinski definition) is 1. The fourth-order valence-electron chi connectivity index (χ4n) is 2.00. The molecule has 0 aromatic heterocycles. The summed E-state index contributed by atoms with van der Waals surface area (Å²) < 4.78 is 11.3. The van der Waals surface area contributed by atoms with Crippen molar-refractivity contribution in [3.8, 4) is 11.5 Å². The van der Waals surface area contributed by atoms with E-state index in [9.17, 15) is 0 Å². The number of ether oxygens (including phenoxy) is 2. The van der Waals surface area contributed by atoms with Crippen molar-refractivity contribution in [1.82, 2.24) is 5.32 Å². The van der Waals surface area contributed by atoms with Crippen molar-refractivity contribution in [3.63, 3.8) is 0 Å². The molecule has 0 fully saturated rings. The first-order valence-electron chi connectivity index (χ1n) is 7.42. The van der Waals surface area contributed by atoms with Crippen molar-refractivity contribution >= 4 is 11.6 Å². The van der Waals surface area contributed by atoms with Crippen LogP contribution < -0.4 is 14.8 Å². The van der Waals surface area contributed by atoms with Crippen LogP contribution >= 0.6 is 11.6 Å². The Labute approximate surface area is 127 Å². The zero-order chi connectivity index (χ0) is 14.8. The highest BCUT2D eigenvalue weighted by atomic mass is 35.5. The van der Waals surface area contributed by atoms with Gasteiger partial charge in [-0.1, -0.05) is 38.3 Å². The largest absolute Gasteiger partial charge is 0.493 e. The van der Waals surface area contributed by atoms with Gasteiger partial charge < -0.3 is 14.8 Å². The van der Waals surface area contributed by atoms with E-state index in [1.54, 1.807) is 13.2 Å². The van der Waals surface area contributed by atoms with Gasteiger partial charge in [0.25, 0.3) is 0 Å². The first-order valence-corrected chi connectivity index (χ1v) is 7.80. The van der Waals surface area contributed by atoms with Crippen LogP contribution in [0.25, 0.3) is 0 Å². The lowest BCUT2D eigenvalue weighted by molar-refractivity contribution is 0.282. The quantitative estimate of drug-likeness (QED) is 0.649. The predicted octanol–water partition coefficient (Wildman–Crippen LogP) is 4.42. The number of rotatable bonds is 10. The van der Waals surface area contributed by atoms with E-state index in [1.165, 1.54) is 12.8 Å². The maximum absolute atomic E-state index is 6.13. The molecule has 3 nitrogen and oxygen atoms in total. The zero-order valence-electron chi connectivity index (χ0n) is 12.8. The molecule has 0 bridgehead atoms. The first-order chi connectivity index (χ1) is 9.72. The first kappa shape index (κ1) is 17.1. The highest BCUT2D eigenvalue weighted by Gasteiger charge is 2.12. The molecule has 1 aromatic carbocycles. The standard InChI is InChI=1S/C16H26ClNO2/c1-4-6-7-9-20-16-13(12-18-8-5-2)10-14(17)11-15(16)19-3/h10-11,18H,4-9,12H2,1-3H3. The van der Waals surface area contributed by atoms with Crippen LogP contribution in [0.3, 0.4) is 0 Å². The van der Waals surface area contributed by atoms with E-state index < -0.39 is 0 Å². The van der Waals surface area contributed by atoms with Gasteiger partial charge in [-0.15, -0.1) is 0 Å². The lowest BCUT2D eigenvalue weighted by Crippen LogP contribution is -2.15. The van der Waals surface area contributed by atoms with Gasteiger partial charge in [0.05, 0.1) is 13.7 Å². The number of benzene rings is 1. The summed E-state index contributed by atoms with van der Waals surface area (Å²) >= 11 is 6.13. The molecule has 0 saturated carbocycles. The maximum atomic E-state index is 6.13. The molecule has 4 heteroatoms. The third-order valence-electron chi connectivity index (χ3n) is 3.05. The molecule has 1 aromatic rings. The number of hydrogen-bond acceptors (Lipinski definition) is 3. The molecule has 0 heterocycles. The highest BCUT2D eigenvalue weighted by Crippen LogP contribution is 2.34. The zero-order valence-corrected chi connectivity index (χ0v) is 13.6. The molecule has 0 spiro atoms. The summed E-state index contributed by atoms with van der Waals surface area (Å²) in [5.41, 5.74) is 1.05. The molecular formula is C16H26ClNO2. The van der Waals surface area contributed by atoms with Crippen molar-refractivity contribution in [1.29, 1.82) is 0 Å². The number of methoxy groups -OCH3 is 1. The van der Waals surface area contributed by atoms with Crippen LogP contribution in [0, 0.1) is 0 Å². The van der Waals surface area contributed by atoms with Gasteiger partial charge in [-0.05, 0) is 25.5 Å². The molecule has 0 amide bonds. The molecule has 20 heavy (non-hydrogen) atoms. The van der Waals surface area contributed by atoms with Crippen LogP contribution in [0.2, 0.25) is 5.02 Å². The molecular weight excluding hydrogens is 274 g/mol. The topological polar surface area (TPSA) is 30.5 Å². The summed E-state index contributed by atoms with van der Waals surface area (Å²) in [7, 11) is 1.65. The van der Waals surface area contributed by atoms with E-state index in [0.717, 1.165) is 37.2 Å². The Kier molecular flexibility index (Phi) is 8.47. The van der Waals surface area contributed by atoms with Gasteiger partial charge >= 0.3 is 0 Å². The summed E-state index contributed by atoms with van der Waals surface area (Å²) in [6.07, 6.45) is 4.53. The van der Waals surface area contributed by atoms with Gasteiger partial charge in [0, 0.05) is 23.2 Å². The van der Waals surface area contributed by atoms with Gasteiger partial charge in [-0.3, -0.25) is 0 Å². The Morgan fingerprint density at radius 1 is 1.15 bits per heavy atom. The Balaban J connectivity index is 2.79. The number of halogens is 1. The SMILES string of the molecule is CCCCCOc1c(CNCCC)cc(Cl)cc1OC. The average molecular weight is 300 g/mol. The molecule has 0 unspecified atom stereocenters. The van der Waals surface area contributed by atoms with Crippen molar-refractivity contribution in [2.75, 3.05) is 20.3 Å². The van der Waals surface area contributed by atoms with E-state index in [-0.39, 0.29) is 0 Å². The second kappa shape index (κ2) is 9.89. The van der Waals surface area contributed by atoms with Gasteiger partial charge in [0.15, 0.2) is 11.5 Å². The molecule has 0 atom stereocenters. The Bertz CT molecular complexity index is 396. The molecule has 0 radical (unpaired) electrons. The summed E-state index contributed by atoms with van der Waals surface area (Å²) in [5, 5.41) is 4.05. The summed E-state index contributed by atoms with van der Waals surface area (Å²) in [4.78, 5) is 0. The smallest absolute Gasteiger partial charge is 0.165 e. The molecule has 0 aliphatic carbocycles. The van der Waals surface area contributed by atoms with Crippen LogP contribution in [0.4, 0.5) is 0 Å². The van der Waals surface area contributed by atoms with Crippen LogP contribution in [0.1, 0.15) is 45.1 Å². The van der Waals surface area contributed by atoms with E-state index in [1.807, 2.05) is 6.07 Å². The molecule has 1 N–H and O–H groups in total. The van der Waals surface area contributed by atoms with E-state index in [4.69, 9.17) is 21.1 Å². The van der Waals surface area contributed by atoms with Gasteiger partial charge in [0.1, 0.15) is 0 Å². The van der Waals surface area contributed by atoms with Crippen molar-refractivity contribution < 1.29 is 9.47 Å².